The molecule has 138 valence electrons. The molecular formula is C19H21NO5S. The van der Waals surface area contributed by atoms with Gasteiger partial charge >= 0.3 is 11.9 Å². The summed E-state index contributed by atoms with van der Waals surface area (Å²) in [4.78, 5) is 37.0. The van der Waals surface area contributed by atoms with Gasteiger partial charge in [-0.25, -0.2) is 9.59 Å². The molecule has 26 heavy (non-hydrogen) atoms. The molecule has 1 aromatic carbocycles. The molecule has 0 fully saturated rings. The number of rotatable bonds is 6. The van der Waals surface area contributed by atoms with Crippen molar-refractivity contribution in [2.24, 2.45) is 0 Å². The maximum atomic E-state index is 12.5. The summed E-state index contributed by atoms with van der Waals surface area (Å²) in [7, 11) is 1.26. The second-order valence-corrected chi connectivity index (χ2v) is 6.50. The van der Waals surface area contributed by atoms with Gasteiger partial charge in [-0.05, 0) is 43.5 Å². The summed E-state index contributed by atoms with van der Waals surface area (Å²) in [6, 6.07) is 7.20. The van der Waals surface area contributed by atoms with Crippen molar-refractivity contribution >= 4 is 34.2 Å². The highest BCUT2D eigenvalue weighted by molar-refractivity contribution is 7.18. The van der Waals surface area contributed by atoms with Crippen LogP contribution in [0, 0.1) is 6.92 Å². The number of carbonyl (C=O) groups is 3. The number of thiophene rings is 1. The minimum Gasteiger partial charge on any atom is -0.465 e. The minimum atomic E-state index is -0.590. The first-order valence-electron chi connectivity index (χ1n) is 8.21. The molecule has 1 heterocycles. The Balaban J connectivity index is 2.38. The predicted octanol–water partition coefficient (Wildman–Crippen LogP) is 3.83. The van der Waals surface area contributed by atoms with Crippen molar-refractivity contribution < 1.29 is 23.9 Å². The molecule has 0 atom stereocenters. The average Bonchev–Trinajstić information content (AvgIpc) is 2.97. The van der Waals surface area contributed by atoms with E-state index in [4.69, 9.17) is 9.47 Å². The topological polar surface area (TPSA) is 81.7 Å². The van der Waals surface area contributed by atoms with Crippen molar-refractivity contribution in [2.45, 2.75) is 27.2 Å². The van der Waals surface area contributed by atoms with Crippen LogP contribution in [-0.4, -0.2) is 31.6 Å². The Morgan fingerprint density at radius 2 is 1.73 bits per heavy atom. The summed E-state index contributed by atoms with van der Waals surface area (Å²) in [5.74, 6) is -1.52. The van der Waals surface area contributed by atoms with Crippen LogP contribution < -0.4 is 5.32 Å². The monoisotopic (exact) mass is 375 g/mol. The molecule has 2 rings (SSSR count). The van der Waals surface area contributed by atoms with Crippen LogP contribution in [-0.2, 0) is 15.9 Å². The summed E-state index contributed by atoms with van der Waals surface area (Å²) >= 11 is 0.996. The third-order valence-electron chi connectivity index (χ3n) is 3.85. The van der Waals surface area contributed by atoms with Gasteiger partial charge in [-0.3, -0.25) is 4.79 Å². The predicted molar refractivity (Wildman–Crippen MR) is 100 cm³/mol. The molecule has 1 N–H and O–H groups in total. The van der Waals surface area contributed by atoms with Gasteiger partial charge in [-0.2, -0.15) is 0 Å². The third kappa shape index (κ3) is 4.11. The van der Waals surface area contributed by atoms with Gasteiger partial charge in [0.25, 0.3) is 5.91 Å². The first-order valence-corrected chi connectivity index (χ1v) is 9.03. The molecule has 0 saturated carbocycles. The molecule has 0 aliphatic carbocycles. The maximum absolute atomic E-state index is 12.5. The molecule has 1 aromatic heterocycles. The molecule has 0 bridgehead atoms. The Hall–Kier alpha value is -2.67. The number of amides is 1. The van der Waals surface area contributed by atoms with E-state index >= 15 is 0 Å². The third-order valence-corrected chi connectivity index (χ3v) is 5.04. The van der Waals surface area contributed by atoms with E-state index in [9.17, 15) is 14.4 Å². The number of benzene rings is 1. The van der Waals surface area contributed by atoms with E-state index in [0.29, 0.717) is 11.1 Å². The molecule has 0 saturated heterocycles. The SMILES string of the molecule is CCOC(=O)c1c(NC(=O)c2ccc(CC)cc2)sc(C(=O)OC)c1C. The zero-order chi connectivity index (χ0) is 19.3. The standard InChI is InChI=1S/C19H21NO5S/c1-5-12-7-9-13(10-8-12)16(21)20-17-14(18(22)25-6-2)11(3)15(26-17)19(23)24-4/h7-10H,5-6H2,1-4H3,(H,20,21). The van der Waals surface area contributed by atoms with Crippen LogP contribution in [0.3, 0.4) is 0 Å². The molecule has 7 heteroatoms. The van der Waals surface area contributed by atoms with Crippen molar-refractivity contribution in [3.05, 3.63) is 51.4 Å². The van der Waals surface area contributed by atoms with Gasteiger partial charge in [0.05, 0.1) is 19.3 Å². The largest absolute Gasteiger partial charge is 0.465 e. The van der Waals surface area contributed by atoms with Crippen molar-refractivity contribution in [2.75, 3.05) is 19.0 Å². The van der Waals surface area contributed by atoms with E-state index in [-0.39, 0.29) is 28.0 Å². The van der Waals surface area contributed by atoms with Crippen LogP contribution in [0.2, 0.25) is 0 Å². The Bertz CT molecular complexity index is 823. The van der Waals surface area contributed by atoms with Gasteiger partial charge in [0, 0.05) is 5.56 Å². The highest BCUT2D eigenvalue weighted by Gasteiger charge is 2.27. The van der Waals surface area contributed by atoms with Crippen LogP contribution in [0.15, 0.2) is 24.3 Å². The number of esters is 2. The van der Waals surface area contributed by atoms with Crippen LogP contribution >= 0.6 is 11.3 Å². The van der Waals surface area contributed by atoms with Gasteiger partial charge in [0.2, 0.25) is 0 Å². The van der Waals surface area contributed by atoms with Gasteiger partial charge < -0.3 is 14.8 Å². The minimum absolute atomic E-state index is 0.177. The molecular weight excluding hydrogens is 354 g/mol. The van der Waals surface area contributed by atoms with Gasteiger partial charge in [0.1, 0.15) is 9.88 Å². The molecule has 2 aromatic rings. The van der Waals surface area contributed by atoms with Crippen molar-refractivity contribution in [3.8, 4) is 0 Å². The fourth-order valence-corrected chi connectivity index (χ4v) is 3.51. The molecule has 0 radical (unpaired) electrons. The Labute approximate surface area is 156 Å². The first-order chi connectivity index (χ1) is 12.4. The molecule has 0 aliphatic heterocycles. The van der Waals surface area contributed by atoms with Crippen molar-refractivity contribution in [1.29, 1.82) is 0 Å². The normalized spacial score (nSPS) is 10.3. The number of hydrogen-bond acceptors (Lipinski definition) is 6. The van der Waals surface area contributed by atoms with Crippen LogP contribution in [0.25, 0.3) is 0 Å². The van der Waals surface area contributed by atoms with Gasteiger partial charge in [0.15, 0.2) is 0 Å². The van der Waals surface area contributed by atoms with E-state index in [2.05, 4.69) is 5.32 Å². The summed E-state index contributed by atoms with van der Waals surface area (Å²) in [6.07, 6.45) is 0.877. The van der Waals surface area contributed by atoms with Crippen LogP contribution in [0.4, 0.5) is 5.00 Å². The van der Waals surface area contributed by atoms with E-state index in [1.807, 2.05) is 19.1 Å². The lowest BCUT2D eigenvalue weighted by molar-refractivity contribution is 0.0527. The molecule has 0 aliphatic rings. The number of aryl methyl sites for hydroxylation is 1. The number of anilines is 1. The van der Waals surface area contributed by atoms with Crippen molar-refractivity contribution in [1.82, 2.24) is 0 Å². The summed E-state index contributed by atoms with van der Waals surface area (Å²) in [5.41, 5.74) is 2.18. The lowest BCUT2D eigenvalue weighted by Crippen LogP contribution is -2.15. The smallest absolute Gasteiger partial charge is 0.348 e. The zero-order valence-electron chi connectivity index (χ0n) is 15.2. The second kappa shape index (κ2) is 8.62. The average molecular weight is 375 g/mol. The molecule has 0 unspecified atom stereocenters. The summed E-state index contributed by atoms with van der Waals surface area (Å²) in [5, 5.41) is 2.98. The fourth-order valence-electron chi connectivity index (χ4n) is 2.41. The van der Waals surface area contributed by atoms with E-state index in [0.717, 1.165) is 23.3 Å². The van der Waals surface area contributed by atoms with Crippen molar-refractivity contribution in [3.63, 3.8) is 0 Å². The Morgan fingerprint density at radius 3 is 2.27 bits per heavy atom. The number of ether oxygens (including phenoxy) is 2. The lowest BCUT2D eigenvalue weighted by atomic mass is 10.1. The maximum Gasteiger partial charge on any atom is 0.348 e. The van der Waals surface area contributed by atoms with Gasteiger partial charge in [-0.1, -0.05) is 19.1 Å². The zero-order valence-corrected chi connectivity index (χ0v) is 16.0. The lowest BCUT2D eigenvalue weighted by Gasteiger charge is -2.07. The highest BCUT2D eigenvalue weighted by Crippen LogP contribution is 2.34. The molecule has 6 nitrogen and oxygen atoms in total. The number of hydrogen-bond donors (Lipinski definition) is 1. The highest BCUT2D eigenvalue weighted by atomic mass is 32.1. The molecule has 1 amide bonds. The fraction of sp³-hybridized carbons (Fsp3) is 0.316. The number of methoxy groups -OCH3 is 1. The number of carbonyl (C=O) groups excluding carboxylic acids is 3. The summed E-state index contributed by atoms with van der Waals surface area (Å²) < 4.78 is 9.80. The second-order valence-electron chi connectivity index (χ2n) is 5.48. The quantitative estimate of drug-likeness (QED) is 0.776. The van der Waals surface area contributed by atoms with E-state index in [1.165, 1.54) is 7.11 Å². The van der Waals surface area contributed by atoms with E-state index < -0.39 is 11.9 Å². The first kappa shape index (κ1) is 19.7. The van der Waals surface area contributed by atoms with Gasteiger partial charge in [-0.15, -0.1) is 11.3 Å². The van der Waals surface area contributed by atoms with Crippen LogP contribution in [0.1, 0.15) is 55.4 Å². The summed E-state index contributed by atoms with van der Waals surface area (Å²) in [6.45, 7) is 5.53. The van der Waals surface area contributed by atoms with E-state index in [1.54, 1.807) is 26.0 Å². The van der Waals surface area contributed by atoms with Crippen LogP contribution in [0.5, 0.6) is 0 Å². The Morgan fingerprint density at radius 1 is 1.08 bits per heavy atom. The molecule has 0 spiro atoms. The Kier molecular flexibility index (Phi) is 6.52. The number of nitrogens with one attached hydrogen (secondary N) is 1.